The number of nitriles is 1. The maximum Gasteiger partial charge on any atom is 0.488 e. The first-order valence-corrected chi connectivity index (χ1v) is 8.93. The van der Waals surface area contributed by atoms with Crippen LogP contribution in [0.25, 0.3) is 34.2 Å². The van der Waals surface area contributed by atoms with Gasteiger partial charge in [0.25, 0.3) is 0 Å². The smallest absolute Gasteiger partial charge is 0.423 e. The van der Waals surface area contributed by atoms with E-state index in [9.17, 15) is 15.3 Å². The Morgan fingerprint density at radius 2 is 1.21 bits per heavy atom. The minimum absolute atomic E-state index is 0.376. The quantitative estimate of drug-likeness (QED) is 0.529. The zero-order valence-corrected chi connectivity index (χ0v) is 15.3. The van der Waals surface area contributed by atoms with Gasteiger partial charge in [-0.3, -0.25) is 0 Å². The van der Waals surface area contributed by atoms with Crippen molar-refractivity contribution < 1.29 is 10.0 Å². The van der Waals surface area contributed by atoms with Gasteiger partial charge < -0.3 is 10.0 Å². The topological polar surface area (TPSA) is 103 Å². The van der Waals surface area contributed by atoms with Crippen molar-refractivity contribution in [3.8, 4) is 40.2 Å². The minimum Gasteiger partial charge on any atom is -0.423 e. The third kappa shape index (κ3) is 3.89. The zero-order valence-electron chi connectivity index (χ0n) is 15.3. The molecule has 7 heteroatoms. The molecule has 0 fully saturated rings. The molecule has 138 valence electrons. The fourth-order valence-corrected chi connectivity index (χ4v) is 2.92. The van der Waals surface area contributed by atoms with E-state index in [0.29, 0.717) is 39.6 Å². The Bertz CT molecular complexity index is 1190. The molecular formula is C22H15BN4O2. The monoisotopic (exact) mass is 378 g/mol. The summed E-state index contributed by atoms with van der Waals surface area (Å²) in [6.45, 7) is 0. The Morgan fingerprint density at radius 3 is 1.83 bits per heavy atom. The summed E-state index contributed by atoms with van der Waals surface area (Å²) in [5, 5.41) is 28.1. The van der Waals surface area contributed by atoms with E-state index in [2.05, 4.69) is 21.0 Å². The summed E-state index contributed by atoms with van der Waals surface area (Å²) in [6, 6.07) is 25.5. The highest BCUT2D eigenvalue weighted by atomic mass is 16.4. The lowest BCUT2D eigenvalue weighted by molar-refractivity contribution is 0.426. The number of benzene rings is 3. The van der Waals surface area contributed by atoms with Crippen LogP contribution in [0.5, 0.6) is 0 Å². The van der Waals surface area contributed by atoms with Crippen molar-refractivity contribution >= 4 is 12.6 Å². The molecule has 0 aliphatic carbocycles. The Kier molecular flexibility index (Phi) is 5.12. The number of hydrogen-bond acceptors (Lipinski definition) is 6. The summed E-state index contributed by atoms with van der Waals surface area (Å²) in [5.74, 6) is 1.32. The van der Waals surface area contributed by atoms with Crippen LogP contribution in [0.1, 0.15) is 5.56 Å². The van der Waals surface area contributed by atoms with E-state index in [1.54, 1.807) is 42.5 Å². The summed E-state index contributed by atoms with van der Waals surface area (Å²) in [5.41, 5.74) is 3.00. The fourth-order valence-electron chi connectivity index (χ4n) is 2.92. The normalized spacial score (nSPS) is 10.4. The van der Waals surface area contributed by atoms with Crippen LogP contribution in [-0.4, -0.2) is 32.1 Å². The van der Waals surface area contributed by atoms with Crippen molar-refractivity contribution in [2.24, 2.45) is 0 Å². The maximum absolute atomic E-state index is 9.47. The van der Waals surface area contributed by atoms with Gasteiger partial charge in [0.2, 0.25) is 0 Å². The van der Waals surface area contributed by atoms with E-state index in [1.165, 1.54) is 0 Å². The largest absolute Gasteiger partial charge is 0.488 e. The third-order valence-electron chi connectivity index (χ3n) is 4.42. The summed E-state index contributed by atoms with van der Waals surface area (Å²) in [7, 11) is -1.54. The van der Waals surface area contributed by atoms with Gasteiger partial charge in [0.1, 0.15) is 0 Å². The molecule has 2 N–H and O–H groups in total. The molecule has 0 bridgehead atoms. The van der Waals surface area contributed by atoms with Crippen LogP contribution < -0.4 is 5.46 Å². The molecule has 1 aromatic heterocycles. The summed E-state index contributed by atoms with van der Waals surface area (Å²) in [6.07, 6.45) is 0. The van der Waals surface area contributed by atoms with Gasteiger partial charge >= 0.3 is 7.12 Å². The van der Waals surface area contributed by atoms with Crippen molar-refractivity contribution in [3.63, 3.8) is 0 Å². The number of nitrogens with zero attached hydrogens (tertiary/aromatic N) is 4. The van der Waals surface area contributed by atoms with E-state index >= 15 is 0 Å². The van der Waals surface area contributed by atoms with Gasteiger partial charge in [-0.15, -0.1) is 0 Å². The lowest BCUT2D eigenvalue weighted by Gasteiger charge is -2.09. The Balaban J connectivity index is 1.90. The molecule has 29 heavy (non-hydrogen) atoms. The van der Waals surface area contributed by atoms with Crippen molar-refractivity contribution in [2.45, 2.75) is 0 Å². The second-order valence-electron chi connectivity index (χ2n) is 6.33. The van der Waals surface area contributed by atoms with E-state index in [0.717, 1.165) is 5.56 Å². The minimum atomic E-state index is -1.54. The first-order valence-electron chi connectivity index (χ1n) is 8.93. The van der Waals surface area contributed by atoms with Crippen LogP contribution in [0, 0.1) is 11.3 Å². The Hall–Kier alpha value is -3.86. The molecule has 3 aromatic carbocycles. The maximum atomic E-state index is 9.47. The molecule has 0 radical (unpaired) electrons. The van der Waals surface area contributed by atoms with E-state index in [1.807, 2.05) is 36.4 Å². The van der Waals surface area contributed by atoms with Crippen molar-refractivity contribution in [2.75, 3.05) is 0 Å². The molecule has 0 aliphatic rings. The molecule has 0 spiro atoms. The van der Waals surface area contributed by atoms with Crippen LogP contribution in [0.3, 0.4) is 0 Å². The van der Waals surface area contributed by atoms with E-state index in [-0.39, 0.29) is 0 Å². The van der Waals surface area contributed by atoms with E-state index in [4.69, 9.17) is 0 Å². The predicted octanol–water partition coefficient (Wildman–Crippen LogP) is 2.42. The SMILES string of the molecule is N#Cc1ccccc1-c1nc(-c2ccccc2)nc(-c2ccc(B(O)O)cc2)n1. The van der Waals surface area contributed by atoms with E-state index < -0.39 is 7.12 Å². The highest BCUT2D eigenvalue weighted by molar-refractivity contribution is 6.58. The molecule has 0 atom stereocenters. The van der Waals surface area contributed by atoms with Gasteiger partial charge in [-0.2, -0.15) is 5.26 Å². The molecule has 4 rings (SSSR count). The summed E-state index contributed by atoms with van der Waals surface area (Å²) >= 11 is 0. The number of rotatable bonds is 4. The van der Waals surface area contributed by atoms with Gasteiger partial charge in [0, 0.05) is 16.7 Å². The second kappa shape index (κ2) is 8.03. The summed E-state index contributed by atoms with van der Waals surface area (Å²) < 4.78 is 0. The lowest BCUT2D eigenvalue weighted by Crippen LogP contribution is -2.29. The molecule has 0 aliphatic heterocycles. The highest BCUT2D eigenvalue weighted by Crippen LogP contribution is 2.26. The predicted molar refractivity (Wildman–Crippen MR) is 111 cm³/mol. The molecule has 1 heterocycles. The number of aromatic nitrogens is 3. The molecule has 0 unspecified atom stereocenters. The van der Waals surface area contributed by atoms with Crippen molar-refractivity contribution in [3.05, 3.63) is 84.4 Å². The second-order valence-corrected chi connectivity index (χ2v) is 6.33. The van der Waals surface area contributed by atoms with Crippen LogP contribution in [0.4, 0.5) is 0 Å². The first kappa shape index (κ1) is 18.5. The van der Waals surface area contributed by atoms with Gasteiger partial charge in [-0.25, -0.2) is 15.0 Å². The molecule has 0 amide bonds. The molecule has 0 saturated heterocycles. The fraction of sp³-hybridized carbons (Fsp3) is 0. The van der Waals surface area contributed by atoms with Crippen molar-refractivity contribution in [1.29, 1.82) is 5.26 Å². The summed E-state index contributed by atoms with van der Waals surface area (Å²) in [4.78, 5) is 13.8. The van der Waals surface area contributed by atoms with Crippen molar-refractivity contribution in [1.82, 2.24) is 15.0 Å². The Morgan fingerprint density at radius 1 is 0.655 bits per heavy atom. The van der Waals surface area contributed by atoms with Gasteiger partial charge in [0.05, 0.1) is 11.6 Å². The molecule has 6 nitrogen and oxygen atoms in total. The highest BCUT2D eigenvalue weighted by Gasteiger charge is 2.15. The van der Waals surface area contributed by atoms with Gasteiger partial charge in [-0.1, -0.05) is 66.7 Å². The first-order chi connectivity index (χ1) is 14.2. The Labute approximate surface area is 168 Å². The van der Waals surface area contributed by atoms with Crippen LogP contribution in [0.2, 0.25) is 0 Å². The van der Waals surface area contributed by atoms with Crippen LogP contribution >= 0.6 is 0 Å². The molecule has 4 aromatic rings. The standard InChI is InChI=1S/C22H15BN4O2/c24-14-17-8-4-5-9-19(17)22-26-20(15-6-2-1-3-7-15)25-21(27-22)16-10-12-18(13-11-16)23(28)29/h1-13,28-29H. The van der Waals surface area contributed by atoms with Crippen LogP contribution in [-0.2, 0) is 0 Å². The molecule has 0 saturated carbocycles. The third-order valence-corrected chi connectivity index (χ3v) is 4.42. The average Bonchev–Trinajstić information content (AvgIpc) is 2.79. The molecular weight excluding hydrogens is 363 g/mol. The zero-order chi connectivity index (χ0) is 20.2. The number of hydrogen-bond donors (Lipinski definition) is 2. The average molecular weight is 378 g/mol. The van der Waals surface area contributed by atoms with Gasteiger partial charge in [0.15, 0.2) is 17.5 Å². The van der Waals surface area contributed by atoms with Gasteiger partial charge in [-0.05, 0) is 17.6 Å². The van der Waals surface area contributed by atoms with Crippen LogP contribution in [0.15, 0.2) is 78.9 Å². The lowest BCUT2D eigenvalue weighted by atomic mass is 9.80.